The molecule has 0 aromatic rings. The summed E-state index contributed by atoms with van der Waals surface area (Å²) < 4.78 is 10.9. The number of carbonyl (C=O) groups is 2. The van der Waals surface area contributed by atoms with E-state index >= 15 is 0 Å². The van der Waals surface area contributed by atoms with E-state index in [9.17, 15) is 9.59 Å². The fraction of sp³-hybridized carbons (Fsp3) is 0.875. The number of hydrogen-bond acceptors (Lipinski definition) is 4. The Morgan fingerprint density at radius 1 is 1.05 bits per heavy atom. The molecule has 21 heavy (non-hydrogen) atoms. The van der Waals surface area contributed by atoms with Crippen molar-refractivity contribution in [3.05, 3.63) is 0 Å². The maximum Gasteiger partial charge on any atom is 0.407 e. The third-order valence-electron chi connectivity index (χ3n) is 7.00. The Morgan fingerprint density at radius 2 is 1.57 bits per heavy atom. The highest BCUT2D eigenvalue weighted by Crippen LogP contribution is 3.07. The number of rotatable bonds is 3. The molecule has 6 saturated carbocycles. The Hall–Kier alpha value is -1.26. The van der Waals surface area contributed by atoms with Crippen LogP contribution >= 0.6 is 0 Å². The third kappa shape index (κ3) is 0.940. The molecule has 0 spiro atoms. The smallest absolute Gasteiger partial charge is 0.407 e. The van der Waals surface area contributed by atoms with Crippen LogP contribution in [-0.2, 0) is 14.3 Å². The molecule has 6 rings (SSSR count). The summed E-state index contributed by atoms with van der Waals surface area (Å²) in [5.41, 5.74) is -0.173. The van der Waals surface area contributed by atoms with Crippen LogP contribution in [0.15, 0.2) is 0 Å². The predicted molar refractivity (Wildman–Crippen MR) is 72.1 cm³/mol. The van der Waals surface area contributed by atoms with Gasteiger partial charge in [-0.25, -0.2) is 4.79 Å². The number of carbonyl (C=O) groups excluding carboxylic acids is 2. The average molecular weight is 291 g/mol. The Bertz CT molecular complexity index is 536. The van der Waals surface area contributed by atoms with Gasteiger partial charge in [-0.2, -0.15) is 0 Å². The molecule has 0 saturated heterocycles. The molecule has 6 fully saturated rings. The van der Waals surface area contributed by atoms with Crippen molar-refractivity contribution in [3.8, 4) is 0 Å². The second-order valence-corrected chi connectivity index (χ2v) is 8.57. The van der Waals surface area contributed by atoms with Gasteiger partial charge in [0, 0.05) is 31.2 Å². The van der Waals surface area contributed by atoms with E-state index in [4.69, 9.17) is 9.47 Å². The van der Waals surface area contributed by atoms with Gasteiger partial charge in [-0.1, -0.05) is 0 Å². The number of esters is 1. The molecule has 0 aromatic heterocycles. The highest BCUT2D eigenvalue weighted by Gasteiger charge is 3.11. The third-order valence-corrected chi connectivity index (χ3v) is 7.00. The largest absolute Gasteiger partial charge is 0.458 e. The lowest BCUT2D eigenvalue weighted by Gasteiger charge is -3.09. The maximum absolute atomic E-state index is 11.8. The van der Waals surface area contributed by atoms with Gasteiger partial charge in [0.15, 0.2) is 0 Å². The summed E-state index contributed by atoms with van der Waals surface area (Å²) in [6.07, 6.45) is -0.314. The molecule has 0 heterocycles. The molecular formula is C16H21NO4. The molecule has 0 bridgehead atoms. The van der Waals surface area contributed by atoms with Crippen molar-refractivity contribution in [3.63, 3.8) is 0 Å². The Balaban J connectivity index is 1.22. The second-order valence-electron chi connectivity index (χ2n) is 8.57. The molecular weight excluding hydrogens is 270 g/mol. The zero-order valence-corrected chi connectivity index (χ0v) is 12.8. The minimum absolute atomic E-state index is 0.0560. The Morgan fingerprint density at radius 3 is 2.00 bits per heavy atom. The molecule has 5 heteroatoms. The van der Waals surface area contributed by atoms with Crippen molar-refractivity contribution in [1.29, 1.82) is 0 Å². The van der Waals surface area contributed by atoms with E-state index in [2.05, 4.69) is 5.32 Å². The fourth-order valence-corrected chi connectivity index (χ4v) is 7.00. The summed E-state index contributed by atoms with van der Waals surface area (Å²) in [6, 6.07) is 0. The van der Waals surface area contributed by atoms with E-state index in [0.29, 0.717) is 40.9 Å². The van der Waals surface area contributed by atoms with Crippen LogP contribution in [0, 0.1) is 40.9 Å². The first-order valence-electron chi connectivity index (χ1n) is 7.91. The van der Waals surface area contributed by atoms with Crippen LogP contribution in [0.4, 0.5) is 4.79 Å². The maximum atomic E-state index is 11.8. The van der Waals surface area contributed by atoms with Gasteiger partial charge in [0.25, 0.3) is 0 Å². The van der Waals surface area contributed by atoms with Gasteiger partial charge in [0.1, 0.15) is 11.2 Å². The molecule has 0 unspecified atom stereocenters. The number of alkyl carbamates (subject to hydrolysis) is 1. The number of hydrogen-bond donors (Lipinski definition) is 1. The first-order chi connectivity index (χ1) is 9.75. The van der Waals surface area contributed by atoms with Gasteiger partial charge in [-0.3, -0.25) is 4.79 Å². The molecule has 5 nitrogen and oxygen atoms in total. The first-order valence-corrected chi connectivity index (χ1v) is 7.91. The standard InChI is InChI=1S/C16H21NO4/c1-6(18)20-16-10-7-11(16)9-12(16)8(10)15(7,9)5-17-13(19)21-14(2,3)4/h7-12H,5H2,1-4H3,(H,17,19). The topological polar surface area (TPSA) is 64.6 Å². The second kappa shape index (κ2) is 2.95. The average Bonchev–Trinajstić information content (AvgIpc) is 2.35. The van der Waals surface area contributed by atoms with E-state index in [1.807, 2.05) is 20.8 Å². The van der Waals surface area contributed by atoms with Crippen LogP contribution in [0.25, 0.3) is 0 Å². The van der Waals surface area contributed by atoms with Gasteiger partial charge in [-0.05, 0) is 43.9 Å². The molecule has 1 amide bonds. The van der Waals surface area contributed by atoms with Gasteiger partial charge >= 0.3 is 12.1 Å². The minimum Gasteiger partial charge on any atom is -0.458 e. The summed E-state index contributed by atoms with van der Waals surface area (Å²) in [4.78, 5) is 23.1. The highest BCUT2D eigenvalue weighted by atomic mass is 16.6. The Kier molecular flexibility index (Phi) is 1.73. The van der Waals surface area contributed by atoms with Crippen molar-refractivity contribution in [1.82, 2.24) is 5.32 Å². The molecule has 6 aliphatic carbocycles. The molecule has 0 radical (unpaired) electrons. The lowest BCUT2D eigenvalue weighted by Crippen LogP contribution is -3.14. The summed E-state index contributed by atoms with van der Waals surface area (Å²) in [7, 11) is 0. The van der Waals surface area contributed by atoms with Crippen molar-refractivity contribution in [2.45, 2.75) is 38.9 Å². The van der Waals surface area contributed by atoms with Crippen molar-refractivity contribution in [2.75, 3.05) is 6.54 Å². The van der Waals surface area contributed by atoms with Gasteiger partial charge < -0.3 is 14.8 Å². The van der Waals surface area contributed by atoms with E-state index in [-0.39, 0.29) is 17.7 Å². The monoisotopic (exact) mass is 291 g/mol. The first kappa shape index (κ1) is 12.3. The molecule has 114 valence electrons. The normalized spacial score (nSPS) is 55.6. The zero-order chi connectivity index (χ0) is 14.9. The van der Waals surface area contributed by atoms with Crippen LogP contribution in [0.2, 0.25) is 0 Å². The summed E-state index contributed by atoms with van der Waals surface area (Å²) in [6.45, 7) is 7.88. The molecule has 6 aliphatic rings. The molecule has 0 atom stereocenters. The van der Waals surface area contributed by atoms with Gasteiger partial charge in [0.2, 0.25) is 0 Å². The van der Waals surface area contributed by atoms with Crippen molar-refractivity contribution >= 4 is 12.1 Å². The zero-order valence-electron chi connectivity index (χ0n) is 12.8. The molecule has 1 N–H and O–H groups in total. The van der Waals surface area contributed by atoms with Crippen LogP contribution in [-0.4, -0.2) is 29.8 Å². The van der Waals surface area contributed by atoms with Crippen molar-refractivity contribution < 1.29 is 19.1 Å². The predicted octanol–water partition coefficient (Wildman–Crippen LogP) is 1.56. The number of ether oxygens (including phenoxy) is 2. The summed E-state index contributed by atoms with van der Waals surface area (Å²) in [5.74, 6) is 3.72. The minimum atomic E-state index is -0.449. The Labute approximate surface area is 123 Å². The number of amides is 1. The van der Waals surface area contributed by atoms with Crippen molar-refractivity contribution in [2.24, 2.45) is 40.9 Å². The number of nitrogens with one attached hydrogen (secondary N) is 1. The van der Waals surface area contributed by atoms with Crippen LogP contribution < -0.4 is 5.32 Å². The fourth-order valence-electron chi connectivity index (χ4n) is 7.00. The molecule has 0 aromatic carbocycles. The quantitative estimate of drug-likeness (QED) is 0.802. The molecule has 0 aliphatic heterocycles. The van der Waals surface area contributed by atoms with E-state index in [1.165, 1.54) is 6.92 Å². The SMILES string of the molecule is CC(=O)OC12C3C4C1C1C2C3C41CNC(=O)OC(C)(C)C. The summed E-state index contributed by atoms with van der Waals surface area (Å²) >= 11 is 0. The summed E-state index contributed by atoms with van der Waals surface area (Å²) in [5, 5.41) is 2.96. The highest BCUT2D eigenvalue weighted by molar-refractivity contribution is 5.71. The lowest BCUT2D eigenvalue weighted by molar-refractivity contribution is -0.657. The van der Waals surface area contributed by atoms with E-state index in [0.717, 1.165) is 6.54 Å². The van der Waals surface area contributed by atoms with E-state index < -0.39 is 5.60 Å². The van der Waals surface area contributed by atoms with Gasteiger partial charge in [0.05, 0.1) is 0 Å². The lowest BCUT2D eigenvalue weighted by atomic mass is 8.95. The van der Waals surface area contributed by atoms with Crippen LogP contribution in [0.1, 0.15) is 27.7 Å². The van der Waals surface area contributed by atoms with Crippen LogP contribution in [0.5, 0.6) is 0 Å². The van der Waals surface area contributed by atoms with Crippen LogP contribution in [0.3, 0.4) is 0 Å². The van der Waals surface area contributed by atoms with Gasteiger partial charge in [-0.15, -0.1) is 0 Å². The van der Waals surface area contributed by atoms with E-state index in [1.54, 1.807) is 0 Å².